The van der Waals surface area contributed by atoms with Crippen molar-refractivity contribution in [3.05, 3.63) is 35.4 Å². The molecule has 0 radical (unpaired) electrons. The molecule has 0 saturated carbocycles. The number of hydrogen-bond acceptors (Lipinski definition) is 4. The van der Waals surface area contributed by atoms with Crippen molar-refractivity contribution in [2.75, 3.05) is 13.6 Å². The Balaban J connectivity index is 2.32. The summed E-state index contributed by atoms with van der Waals surface area (Å²) in [7, 11) is 1.53. The largest absolute Gasteiger partial charge is 0.357 e. The molecular formula is C14H16N4O2. The van der Waals surface area contributed by atoms with Crippen LogP contribution in [-0.4, -0.2) is 42.4 Å². The number of nitrogens with one attached hydrogen (secondary N) is 1. The normalized spacial score (nSPS) is 21.4. The Morgan fingerprint density at radius 3 is 2.80 bits per heavy atom. The van der Waals surface area contributed by atoms with Crippen molar-refractivity contribution < 1.29 is 9.59 Å². The average Bonchev–Trinajstić information content (AvgIpc) is 2.87. The van der Waals surface area contributed by atoms with Gasteiger partial charge in [0, 0.05) is 19.6 Å². The van der Waals surface area contributed by atoms with Crippen LogP contribution in [0.3, 0.4) is 0 Å². The van der Waals surface area contributed by atoms with Crippen LogP contribution < -0.4 is 11.1 Å². The van der Waals surface area contributed by atoms with Crippen LogP contribution in [0.2, 0.25) is 0 Å². The number of likely N-dealkylation sites (tertiary alicyclic amines) is 1. The van der Waals surface area contributed by atoms with Gasteiger partial charge in [-0.25, -0.2) is 0 Å². The minimum Gasteiger partial charge on any atom is -0.357 e. The van der Waals surface area contributed by atoms with Gasteiger partial charge >= 0.3 is 0 Å². The highest BCUT2D eigenvalue weighted by molar-refractivity contribution is 5.99. The summed E-state index contributed by atoms with van der Waals surface area (Å²) in [4.78, 5) is 25.8. The minimum absolute atomic E-state index is 0.226. The van der Waals surface area contributed by atoms with Gasteiger partial charge in [0.25, 0.3) is 5.91 Å². The Hall–Kier alpha value is -2.39. The molecule has 1 heterocycles. The fraction of sp³-hybridized carbons (Fsp3) is 0.357. The van der Waals surface area contributed by atoms with Crippen LogP contribution in [0.5, 0.6) is 0 Å². The molecule has 1 saturated heterocycles. The molecule has 0 bridgehead atoms. The molecule has 1 aromatic rings. The molecule has 2 amide bonds. The summed E-state index contributed by atoms with van der Waals surface area (Å²) in [6.07, 6.45) is 0.431. The monoisotopic (exact) mass is 272 g/mol. The standard InChI is InChI=1S/C14H16N4O2/c1-17-13(19)12-6-10(16)8-18(12)14(20)11-5-3-2-4-9(11)7-15/h2-5,10,12H,6,8,16H2,1H3,(H,17,19)/t10-,12-/m0/s1. The third kappa shape index (κ3) is 2.49. The van der Waals surface area contributed by atoms with E-state index in [0.29, 0.717) is 24.1 Å². The zero-order chi connectivity index (χ0) is 14.7. The highest BCUT2D eigenvalue weighted by atomic mass is 16.2. The van der Waals surface area contributed by atoms with Crippen LogP contribution in [-0.2, 0) is 4.79 Å². The maximum absolute atomic E-state index is 12.5. The van der Waals surface area contributed by atoms with E-state index >= 15 is 0 Å². The van der Waals surface area contributed by atoms with E-state index in [0.717, 1.165) is 0 Å². The molecule has 2 atom stereocenters. The minimum atomic E-state index is -0.575. The van der Waals surface area contributed by atoms with E-state index in [2.05, 4.69) is 5.32 Å². The molecule has 1 aromatic carbocycles. The molecule has 6 nitrogen and oxygen atoms in total. The summed E-state index contributed by atoms with van der Waals surface area (Å²) >= 11 is 0. The molecule has 0 unspecified atom stereocenters. The number of nitrogens with two attached hydrogens (primary N) is 1. The van der Waals surface area contributed by atoms with Crippen molar-refractivity contribution in [2.24, 2.45) is 5.73 Å². The summed E-state index contributed by atoms with van der Waals surface area (Å²) in [5.74, 6) is -0.565. The first kappa shape index (κ1) is 14.0. The van der Waals surface area contributed by atoms with Gasteiger partial charge < -0.3 is 16.0 Å². The Bertz CT molecular complexity index is 579. The first-order valence-electron chi connectivity index (χ1n) is 6.35. The lowest BCUT2D eigenvalue weighted by molar-refractivity contribution is -0.124. The van der Waals surface area contributed by atoms with Gasteiger partial charge in [-0.15, -0.1) is 0 Å². The average molecular weight is 272 g/mol. The topological polar surface area (TPSA) is 99.2 Å². The van der Waals surface area contributed by atoms with Crippen molar-refractivity contribution >= 4 is 11.8 Å². The van der Waals surface area contributed by atoms with E-state index in [1.54, 1.807) is 24.3 Å². The summed E-state index contributed by atoms with van der Waals surface area (Å²) in [6, 6.07) is 7.75. The molecule has 104 valence electrons. The van der Waals surface area contributed by atoms with Gasteiger partial charge in [-0.1, -0.05) is 12.1 Å². The zero-order valence-corrected chi connectivity index (χ0v) is 11.2. The van der Waals surface area contributed by atoms with Crippen molar-refractivity contribution in [2.45, 2.75) is 18.5 Å². The van der Waals surface area contributed by atoms with Crippen LogP contribution in [0.1, 0.15) is 22.3 Å². The fourth-order valence-corrected chi connectivity index (χ4v) is 2.43. The lowest BCUT2D eigenvalue weighted by atomic mass is 10.1. The first-order valence-corrected chi connectivity index (χ1v) is 6.35. The number of benzene rings is 1. The number of amides is 2. The van der Waals surface area contributed by atoms with E-state index in [-0.39, 0.29) is 17.9 Å². The Kier molecular flexibility index (Phi) is 4.01. The molecule has 2 rings (SSSR count). The predicted molar refractivity (Wildman–Crippen MR) is 72.6 cm³/mol. The lowest BCUT2D eigenvalue weighted by Gasteiger charge is -2.23. The number of carbonyl (C=O) groups is 2. The third-order valence-electron chi connectivity index (χ3n) is 3.42. The number of likely N-dealkylation sites (N-methyl/N-ethyl adjacent to an activating group) is 1. The van der Waals surface area contributed by atoms with E-state index in [1.165, 1.54) is 11.9 Å². The van der Waals surface area contributed by atoms with Gasteiger partial charge in [-0.2, -0.15) is 5.26 Å². The lowest BCUT2D eigenvalue weighted by Crippen LogP contribution is -2.45. The van der Waals surface area contributed by atoms with Crippen LogP contribution in [0.4, 0.5) is 0 Å². The number of nitriles is 1. The zero-order valence-electron chi connectivity index (χ0n) is 11.2. The number of rotatable bonds is 2. The smallest absolute Gasteiger partial charge is 0.255 e. The summed E-state index contributed by atoms with van der Waals surface area (Å²) in [6.45, 7) is 0.316. The van der Waals surface area contributed by atoms with Crippen molar-refractivity contribution in [1.29, 1.82) is 5.26 Å². The Morgan fingerprint density at radius 2 is 2.15 bits per heavy atom. The van der Waals surface area contributed by atoms with E-state index in [9.17, 15) is 9.59 Å². The molecule has 0 aromatic heterocycles. The van der Waals surface area contributed by atoms with Gasteiger partial charge in [-0.05, 0) is 18.6 Å². The quantitative estimate of drug-likeness (QED) is 0.781. The molecule has 3 N–H and O–H groups in total. The van der Waals surface area contributed by atoms with E-state index in [4.69, 9.17) is 11.0 Å². The number of hydrogen-bond donors (Lipinski definition) is 2. The number of nitrogens with zero attached hydrogens (tertiary/aromatic N) is 2. The van der Waals surface area contributed by atoms with Crippen LogP contribution in [0.25, 0.3) is 0 Å². The van der Waals surface area contributed by atoms with Gasteiger partial charge in [0.1, 0.15) is 6.04 Å². The van der Waals surface area contributed by atoms with Crippen LogP contribution >= 0.6 is 0 Å². The summed E-state index contributed by atoms with van der Waals surface area (Å²) in [5, 5.41) is 11.6. The van der Waals surface area contributed by atoms with E-state index in [1.807, 2.05) is 6.07 Å². The van der Waals surface area contributed by atoms with Crippen molar-refractivity contribution in [3.63, 3.8) is 0 Å². The predicted octanol–water partition coefficient (Wildman–Crippen LogP) is -0.154. The van der Waals surface area contributed by atoms with Gasteiger partial charge in [0.05, 0.1) is 17.2 Å². The van der Waals surface area contributed by atoms with Crippen LogP contribution in [0, 0.1) is 11.3 Å². The first-order chi connectivity index (χ1) is 9.58. The molecule has 0 spiro atoms. The molecule has 1 aliphatic heterocycles. The van der Waals surface area contributed by atoms with Gasteiger partial charge in [-0.3, -0.25) is 9.59 Å². The third-order valence-corrected chi connectivity index (χ3v) is 3.42. The van der Waals surface area contributed by atoms with E-state index < -0.39 is 6.04 Å². The number of carbonyl (C=O) groups excluding carboxylic acids is 2. The van der Waals surface area contributed by atoms with Gasteiger partial charge in [0.2, 0.25) is 5.91 Å². The molecule has 6 heteroatoms. The second-order valence-corrected chi connectivity index (χ2v) is 4.74. The SMILES string of the molecule is CNC(=O)[C@@H]1C[C@H](N)CN1C(=O)c1ccccc1C#N. The fourth-order valence-electron chi connectivity index (χ4n) is 2.43. The van der Waals surface area contributed by atoms with Gasteiger partial charge in [0.15, 0.2) is 0 Å². The van der Waals surface area contributed by atoms with Crippen LogP contribution in [0.15, 0.2) is 24.3 Å². The molecule has 1 aliphatic rings. The maximum Gasteiger partial charge on any atom is 0.255 e. The molecule has 20 heavy (non-hydrogen) atoms. The second-order valence-electron chi connectivity index (χ2n) is 4.74. The highest BCUT2D eigenvalue weighted by Gasteiger charge is 2.38. The molecule has 0 aliphatic carbocycles. The van der Waals surface area contributed by atoms with Crippen molar-refractivity contribution in [3.8, 4) is 6.07 Å². The molecule has 1 fully saturated rings. The Morgan fingerprint density at radius 1 is 1.45 bits per heavy atom. The molecular weight excluding hydrogens is 256 g/mol. The van der Waals surface area contributed by atoms with Crippen molar-refractivity contribution in [1.82, 2.24) is 10.2 Å². The second kappa shape index (κ2) is 5.72. The summed E-state index contributed by atoms with van der Waals surface area (Å²) < 4.78 is 0. The Labute approximate surface area is 117 Å². The maximum atomic E-state index is 12.5. The summed E-state index contributed by atoms with van der Waals surface area (Å²) in [5.41, 5.74) is 6.46. The highest BCUT2D eigenvalue weighted by Crippen LogP contribution is 2.21.